The van der Waals surface area contributed by atoms with Gasteiger partial charge in [-0.05, 0) is 23.1 Å². The van der Waals surface area contributed by atoms with Crippen LogP contribution in [0.4, 0.5) is 5.69 Å². The maximum atomic E-state index is 12.0. The molecule has 4 N–H and O–H groups in total. The molecule has 0 aliphatic carbocycles. The van der Waals surface area contributed by atoms with Crippen LogP contribution in [0.1, 0.15) is 40.2 Å². The first-order valence-electron chi connectivity index (χ1n) is 7.54. The maximum Gasteiger partial charge on any atom is 0.237 e. The molecule has 0 saturated heterocycles. The number of nitrogens with one attached hydrogen (secondary N) is 2. The normalized spacial score (nSPS) is 12.9. The maximum absolute atomic E-state index is 12.0. The summed E-state index contributed by atoms with van der Waals surface area (Å²) in [6.07, 6.45) is 0. The quantitative estimate of drug-likeness (QED) is 0.780. The smallest absolute Gasteiger partial charge is 0.237 e. The molecule has 1 aromatic rings. The first-order chi connectivity index (χ1) is 10.1. The molecule has 1 atom stereocenters. The Hall–Kier alpha value is -1.88. The van der Waals surface area contributed by atoms with Gasteiger partial charge in [0.2, 0.25) is 11.8 Å². The Morgan fingerprint density at radius 2 is 1.64 bits per heavy atom. The lowest BCUT2D eigenvalue weighted by molar-refractivity contribution is -0.124. The zero-order chi connectivity index (χ0) is 16.9. The predicted octanol–water partition coefficient (Wildman–Crippen LogP) is 2.27. The SMILES string of the molecule is CC(C)C(=O)Nc1ccc(CNC(=O)[C@@H](N)C(C)(C)C)cc1. The molecule has 0 aromatic heterocycles. The molecule has 122 valence electrons. The van der Waals surface area contributed by atoms with Crippen LogP contribution in [0.25, 0.3) is 0 Å². The van der Waals surface area contributed by atoms with Crippen molar-refractivity contribution in [1.29, 1.82) is 0 Å². The number of carbonyl (C=O) groups is 2. The lowest BCUT2D eigenvalue weighted by Crippen LogP contribution is -2.48. The third-order valence-corrected chi connectivity index (χ3v) is 3.43. The number of hydrogen-bond donors (Lipinski definition) is 3. The Balaban J connectivity index is 2.55. The summed E-state index contributed by atoms with van der Waals surface area (Å²) in [4.78, 5) is 23.6. The highest BCUT2D eigenvalue weighted by atomic mass is 16.2. The largest absolute Gasteiger partial charge is 0.351 e. The van der Waals surface area contributed by atoms with E-state index in [1.807, 2.05) is 58.9 Å². The summed E-state index contributed by atoms with van der Waals surface area (Å²) in [6, 6.07) is 6.85. The van der Waals surface area contributed by atoms with Gasteiger partial charge in [-0.2, -0.15) is 0 Å². The monoisotopic (exact) mass is 305 g/mol. The van der Waals surface area contributed by atoms with E-state index in [4.69, 9.17) is 5.73 Å². The molecule has 0 unspecified atom stereocenters. The van der Waals surface area contributed by atoms with Crippen LogP contribution < -0.4 is 16.4 Å². The van der Waals surface area contributed by atoms with Gasteiger partial charge in [-0.3, -0.25) is 9.59 Å². The van der Waals surface area contributed by atoms with Gasteiger partial charge in [-0.25, -0.2) is 0 Å². The van der Waals surface area contributed by atoms with Gasteiger partial charge >= 0.3 is 0 Å². The summed E-state index contributed by atoms with van der Waals surface area (Å²) >= 11 is 0. The van der Waals surface area contributed by atoms with Gasteiger partial charge < -0.3 is 16.4 Å². The minimum atomic E-state index is -0.544. The van der Waals surface area contributed by atoms with Crippen LogP contribution in [-0.4, -0.2) is 17.9 Å². The summed E-state index contributed by atoms with van der Waals surface area (Å²) in [5.74, 6) is -0.236. The molecule has 1 aromatic carbocycles. The molecule has 0 aliphatic heterocycles. The van der Waals surface area contributed by atoms with Crippen molar-refractivity contribution in [2.45, 2.75) is 47.2 Å². The van der Waals surface area contributed by atoms with E-state index in [0.29, 0.717) is 6.54 Å². The Morgan fingerprint density at radius 3 is 2.09 bits per heavy atom. The molecule has 0 spiro atoms. The topological polar surface area (TPSA) is 84.2 Å². The van der Waals surface area contributed by atoms with E-state index in [1.54, 1.807) is 0 Å². The average Bonchev–Trinajstić information content (AvgIpc) is 2.44. The summed E-state index contributed by atoms with van der Waals surface area (Å²) in [5.41, 5.74) is 7.34. The van der Waals surface area contributed by atoms with Crippen LogP contribution in [0, 0.1) is 11.3 Å². The highest BCUT2D eigenvalue weighted by Gasteiger charge is 2.26. The summed E-state index contributed by atoms with van der Waals surface area (Å²) in [7, 11) is 0. The van der Waals surface area contributed by atoms with Crippen molar-refractivity contribution >= 4 is 17.5 Å². The first-order valence-corrected chi connectivity index (χ1v) is 7.54. The van der Waals surface area contributed by atoms with Crippen molar-refractivity contribution in [2.24, 2.45) is 17.1 Å². The van der Waals surface area contributed by atoms with Crippen LogP contribution in [0.2, 0.25) is 0 Å². The Labute approximate surface area is 132 Å². The number of anilines is 1. The van der Waals surface area contributed by atoms with Gasteiger partial charge in [0.05, 0.1) is 6.04 Å². The zero-order valence-corrected chi connectivity index (χ0v) is 14.1. The minimum Gasteiger partial charge on any atom is -0.351 e. The number of nitrogens with two attached hydrogens (primary N) is 1. The van der Waals surface area contributed by atoms with Crippen molar-refractivity contribution in [2.75, 3.05) is 5.32 Å². The molecule has 1 rings (SSSR count). The molecule has 5 nitrogen and oxygen atoms in total. The third kappa shape index (κ3) is 5.48. The Kier molecular flexibility index (Phi) is 6.11. The van der Waals surface area contributed by atoms with Crippen molar-refractivity contribution in [1.82, 2.24) is 5.32 Å². The minimum absolute atomic E-state index is 0.0165. The number of amides is 2. The summed E-state index contributed by atoms with van der Waals surface area (Å²) < 4.78 is 0. The highest BCUT2D eigenvalue weighted by Crippen LogP contribution is 2.17. The van der Waals surface area contributed by atoms with Crippen LogP contribution >= 0.6 is 0 Å². The molecular weight excluding hydrogens is 278 g/mol. The second kappa shape index (κ2) is 7.40. The molecule has 0 fully saturated rings. The number of rotatable bonds is 5. The lowest BCUT2D eigenvalue weighted by Gasteiger charge is -2.25. The van der Waals surface area contributed by atoms with Gasteiger partial charge in [-0.1, -0.05) is 46.8 Å². The van der Waals surface area contributed by atoms with Crippen molar-refractivity contribution in [3.8, 4) is 0 Å². The Bertz CT molecular complexity index is 516. The molecule has 2 amide bonds. The Morgan fingerprint density at radius 1 is 1.09 bits per heavy atom. The molecule has 5 heteroatoms. The molecule has 0 radical (unpaired) electrons. The lowest BCUT2D eigenvalue weighted by atomic mass is 9.87. The number of carbonyl (C=O) groups excluding carboxylic acids is 2. The van der Waals surface area contributed by atoms with E-state index in [-0.39, 0.29) is 23.1 Å². The average molecular weight is 305 g/mol. The van der Waals surface area contributed by atoms with Gasteiger partial charge in [0.25, 0.3) is 0 Å². The van der Waals surface area contributed by atoms with E-state index >= 15 is 0 Å². The van der Waals surface area contributed by atoms with Gasteiger partial charge in [-0.15, -0.1) is 0 Å². The fraction of sp³-hybridized carbons (Fsp3) is 0.529. The van der Waals surface area contributed by atoms with E-state index in [1.165, 1.54) is 0 Å². The standard InChI is InChI=1S/C17H27N3O2/c1-11(2)15(21)20-13-8-6-12(7-9-13)10-19-16(22)14(18)17(3,4)5/h6-9,11,14H,10,18H2,1-5H3,(H,19,22)(H,20,21)/t14-/m1/s1. The molecule has 0 bridgehead atoms. The fourth-order valence-electron chi connectivity index (χ4n) is 1.68. The first kappa shape index (κ1) is 18.2. The van der Waals surface area contributed by atoms with E-state index < -0.39 is 6.04 Å². The number of benzene rings is 1. The molecule has 0 heterocycles. The van der Waals surface area contributed by atoms with Gasteiger partial charge in [0.15, 0.2) is 0 Å². The summed E-state index contributed by atoms with van der Waals surface area (Å²) in [5, 5.41) is 5.66. The van der Waals surface area contributed by atoms with Crippen molar-refractivity contribution in [3.05, 3.63) is 29.8 Å². The number of hydrogen-bond acceptors (Lipinski definition) is 3. The van der Waals surface area contributed by atoms with Gasteiger partial charge in [0.1, 0.15) is 0 Å². The highest BCUT2D eigenvalue weighted by molar-refractivity contribution is 5.92. The van der Waals surface area contributed by atoms with E-state index in [0.717, 1.165) is 11.3 Å². The second-order valence-electron chi connectivity index (χ2n) is 6.90. The molecule has 22 heavy (non-hydrogen) atoms. The molecule has 0 saturated carbocycles. The van der Waals surface area contributed by atoms with Crippen LogP contribution in [0.15, 0.2) is 24.3 Å². The van der Waals surface area contributed by atoms with Crippen LogP contribution in [0.3, 0.4) is 0 Å². The fourth-order valence-corrected chi connectivity index (χ4v) is 1.68. The molecule has 0 aliphatic rings. The molecular formula is C17H27N3O2. The van der Waals surface area contributed by atoms with Gasteiger partial charge in [0, 0.05) is 18.2 Å². The predicted molar refractivity (Wildman–Crippen MR) is 89.2 cm³/mol. The van der Waals surface area contributed by atoms with E-state index in [9.17, 15) is 9.59 Å². The summed E-state index contributed by atoms with van der Waals surface area (Å²) in [6.45, 7) is 9.91. The van der Waals surface area contributed by atoms with Crippen LogP contribution in [-0.2, 0) is 16.1 Å². The third-order valence-electron chi connectivity index (χ3n) is 3.43. The van der Waals surface area contributed by atoms with Crippen LogP contribution in [0.5, 0.6) is 0 Å². The van der Waals surface area contributed by atoms with Crippen molar-refractivity contribution in [3.63, 3.8) is 0 Å². The second-order valence-corrected chi connectivity index (χ2v) is 6.90. The van der Waals surface area contributed by atoms with E-state index in [2.05, 4.69) is 10.6 Å². The zero-order valence-electron chi connectivity index (χ0n) is 14.1. The van der Waals surface area contributed by atoms with Crippen molar-refractivity contribution < 1.29 is 9.59 Å².